The molecule has 0 saturated carbocycles. The molecule has 0 aliphatic heterocycles. The Bertz CT molecular complexity index is 1460. The minimum atomic E-state index is -4.90. The van der Waals surface area contributed by atoms with E-state index in [9.17, 15) is 26.7 Å². The Morgan fingerprint density at radius 3 is 2.37 bits per heavy atom. The minimum Gasteiger partial charge on any atom is -0.493 e. The molecule has 182 valence electrons. The van der Waals surface area contributed by atoms with Gasteiger partial charge in [-0.15, -0.1) is 0 Å². The number of fused-ring (bicyclic) bond motifs is 1. The number of rotatable bonds is 5. The lowest BCUT2D eigenvalue weighted by Crippen LogP contribution is -2.16. The van der Waals surface area contributed by atoms with Crippen molar-refractivity contribution in [2.45, 2.75) is 6.18 Å². The van der Waals surface area contributed by atoms with Crippen molar-refractivity contribution in [2.75, 3.05) is 19.5 Å². The Hall–Kier alpha value is -3.93. The number of halogens is 6. The first-order chi connectivity index (χ1) is 16.5. The number of ether oxygens (including phenoxy) is 2. The maximum absolute atomic E-state index is 13.9. The molecule has 0 fully saturated rings. The van der Waals surface area contributed by atoms with Gasteiger partial charge in [0.2, 0.25) is 0 Å². The number of methoxy groups -OCH3 is 2. The van der Waals surface area contributed by atoms with Crippen molar-refractivity contribution in [1.29, 1.82) is 0 Å². The molecule has 0 atom stereocenters. The van der Waals surface area contributed by atoms with Crippen molar-refractivity contribution in [3.8, 4) is 22.8 Å². The van der Waals surface area contributed by atoms with Crippen molar-refractivity contribution in [3.05, 3.63) is 70.5 Å². The number of nitrogens with one attached hydrogen (secondary N) is 1. The van der Waals surface area contributed by atoms with Crippen LogP contribution in [0, 0.1) is 11.6 Å². The third kappa shape index (κ3) is 4.56. The van der Waals surface area contributed by atoms with Gasteiger partial charge in [0.1, 0.15) is 16.7 Å². The second-order valence-corrected chi connectivity index (χ2v) is 7.45. The second-order valence-electron chi connectivity index (χ2n) is 7.07. The van der Waals surface area contributed by atoms with Crippen molar-refractivity contribution in [3.63, 3.8) is 0 Å². The monoisotopic (exact) mass is 512 g/mol. The average molecular weight is 513 g/mol. The number of alkyl halides is 3. The average Bonchev–Trinajstić information content (AvgIpc) is 3.15. The van der Waals surface area contributed by atoms with Gasteiger partial charge in [0.25, 0.3) is 5.91 Å². The maximum Gasteiger partial charge on any atom is 0.433 e. The topological polar surface area (TPSA) is 77.8 Å². The SMILES string of the molecule is COc1ccc(-c2cc(C(F)(F)F)n3nc(C(=O)Nc4ccc(F)cc4F)c(Cl)c3n2)cc1OC. The van der Waals surface area contributed by atoms with E-state index < -0.39 is 51.5 Å². The van der Waals surface area contributed by atoms with Crippen LogP contribution >= 0.6 is 11.6 Å². The molecule has 2 aromatic carbocycles. The molecule has 0 unspecified atom stereocenters. The lowest BCUT2D eigenvalue weighted by Gasteiger charge is -2.12. The van der Waals surface area contributed by atoms with E-state index >= 15 is 0 Å². The van der Waals surface area contributed by atoms with E-state index in [4.69, 9.17) is 21.1 Å². The van der Waals surface area contributed by atoms with Crippen LogP contribution in [-0.2, 0) is 6.18 Å². The molecule has 2 heterocycles. The van der Waals surface area contributed by atoms with E-state index in [2.05, 4.69) is 15.4 Å². The standard InChI is InChI=1S/C22H14ClF5N4O3/c1-34-15-6-3-10(7-16(15)35-2)14-9-17(22(26,27)28)32-20(29-14)18(23)19(31-32)21(33)30-13-5-4-11(24)8-12(13)25/h3-9H,1-2H3,(H,30,33). The predicted molar refractivity (Wildman–Crippen MR) is 116 cm³/mol. The van der Waals surface area contributed by atoms with Gasteiger partial charge in [0.05, 0.1) is 25.6 Å². The van der Waals surface area contributed by atoms with E-state index in [0.29, 0.717) is 16.3 Å². The molecule has 4 aromatic rings. The van der Waals surface area contributed by atoms with Crippen molar-refractivity contribution < 1.29 is 36.2 Å². The molecule has 1 N–H and O–H groups in total. The van der Waals surface area contributed by atoms with E-state index in [0.717, 1.165) is 18.2 Å². The fourth-order valence-corrected chi connectivity index (χ4v) is 3.50. The fourth-order valence-electron chi connectivity index (χ4n) is 3.25. The summed E-state index contributed by atoms with van der Waals surface area (Å²) in [5, 5.41) is 5.27. The molecule has 0 spiro atoms. The molecule has 0 aliphatic rings. The van der Waals surface area contributed by atoms with Gasteiger partial charge in [-0.3, -0.25) is 4.79 Å². The highest BCUT2D eigenvalue weighted by Gasteiger charge is 2.37. The van der Waals surface area contributed by atoms with Gasteiger partial charge >= 0.3 is 6.18 Å². The Morgan fingerprint density at radius 2 is 1.74 bits per heavy atom. The zero-order chi connectivity index (χ0) is 25.5. The molecule has 2 aromatic heterocycles. The molecule has 0 radical (unpaired) electrons. The summed E-state index contributed by atoms with van der Waals surface area (Å²) in [6.07, 6.45) is -4.90. The Labute approximate surface area is 199 Å². The lowest BCUT2D eigenvalue weighted by atomic mass is 10.1. The van der Waals surface area contributed by atoms with Crippen molar-refractivity contribution in [1.82, 2.24) is 14.6 Å². The molecule has 7 nitrogen and oxygen atoms in total. The van der Waals surface area contributed by atoms with Crippen LogP contribution in [-0.4, -0.2) is 34.7 Å². The molecule has 1 amide bonds. The van der Waals surface area contributed by atoms with Crippen LogP contribution in [0.5, 0.6) is 11.5 Å². The number of aromatic nitrogens is 3. The summed E-state index contributed by atoms with van der Waals surface area (Å²) >= 11 is 6.20. The number of nitrogens with zero attached hydrogens (tertiary/aromatic N) is 3. The van der Waals surface area contributed by atoms with Crippen molar-refractivity contribution >= 4 is 28.8 Å². The van der Waals surface area contributed by atoms with Crippen LogP contribution in [0.1, 0.15) is 16.2 Å². The van der Waals surface area contributed by atoms with Crippen LogP contribution in [0.3, 0.4) is 0 Å². The molecular formula is C22H14ClF5N4O3. The van der Waals surface area contributed by atoms with Gasteiger partial charge in [-0.05, 0) is 36.4 Å². The Kier molecular flexibility index (Phi) is 6.24. The first kappa shape index (κ1) is 24.2. The van der Waals surface area contributed by atoms with Crippen LogP contribution in [0.2, 0.25) is 5.02 Å². The fraction of sp³-hybridized carbons (Fsp3) is 0.136. The van der Waals surface area contributed by atoms with Crippen LogP contribution < -0.4 is 14.8 Å². The third-order valence-electron chi connectivity index (χ3n) is 4.90. The number of hydrogen-bond acceptors (Lipinski definition) is 5. The van der Waals surface area contributed by atoms with E-state index in [1.807, 2.05) is 0 Å². The quantitative estimate of drug-likeness (QED) is 0.351. The second kappa shape index (κ2) is 9.02. The van der Waals surface area contributed by atoms with Gasteiger partial charge in [-0.1, -0.05) is 11.6 Å². The molecule has 0 saturated heterocycles. The number of carbonyl (C=O) groups is 1. The van der Waals surface area contributed by atoms with Crippen molar-refractivity contribution in [2.24, 2.45) is 0 Å². The third-order valence-corrected chi connectivity index (χ3v) is 5.25. The van der Waals surface area contributed by atoms with Gasteiger partial charge < -0.3 is 14.8 Å². The highest BCUT2D eigenvalue weighted by molar-refractivity contribution is 6.37. The minimum absolute atomic E-state index is 0.135. The maximum atomic E-state index is 13.9. The lowest BCUT2D eigenvalue weighted by molar-refractivity contribution is -0.142. The summed E-state index contributed by atoms with van der Waals surface area (Å²) in [7, 11) is 2.77. The van der Waals surface area contributed by atoms with Gasteiger partial charge in [0, 0.05) is 11.6 Å². The molecule has 0 bridgehead atoms. The summed E-state index contributed by atoms with van der Waals surface area (Å²) in [5.74, 6) is -2.49. The summed E-state index contributed by atoms with van der Waals surface area (Å²) in [4.78, 5) is 16.8. The summed E-state index contributed by atoms with van der Waals surface area (Å²) in [5.41, 5.74) is -2.67. The zero-order valence-electron chi connectivity index (χ0n) is 17.9. The smallest absolute Gasteiger partial charge is 0.433 e. The number of carbonyl (C=O) groups excluding carboxylic acids is 1. The van der Waals surface area contributed by atoms with Gasteiger partial charge in [-0.25, -0.2) is 18.3 Å². The van der Waals surface area contributed by atoms with Crippen LogP contribution in [0.4, 0.5) is 27.6 Å². The first-order valence-electron chi connectivity index (χ1n) is 9.68. The molecule has 13 heteroatoms. The number of benzene rings is 2. The summed E-state index contributed by atoms with van der Waals surface area (Å²) < 4.78 is 79.4. The number of anilines is 1. The highest BCUT2D eigenvalue weighted by Crippen LogP contribution is 2.37. The number of amides is 1. The first-order valence-corrected chi connectivity index (χ1v) is 10.1. The van der Waals surface area contributed by atoms with E-state index in [1.54, 1.807) is 0 Å². The Balaban J connectivity index is 1.85. The van der Waals surface area contributed by atoms with Crippen LogP contribution in [0.15, 0.2) is 42.5 Å². The molecule has 0 aliphatic carbocycles. The zero-order valence-corrected chi connectivity index (χ0v) is 18.6. The van der Waals surface area contributed by atoms with Crippen LogP contribution in [0.25, 0.3) is 16.9 Å². The van der Waals surface area contributed by atoms with E-state index in [1.165, 1.54) is 32.4 Å². The van der Waals surface area contributed by atoms with Gasteiger partial charge in [-0.2, -0.15) is 18.3 Å². The largest absolute Gasteiger partial charge is 0.493 e. The molecule has 35 heavy (non-hydrogen) atoms. The highest BCUT2D eigenvalue weighted by atomic mass is 35.5. The van der Waals surface area contributed by atoms with Gasteiger partial charge in [0.15, 0.2) is 28.5 Å². The normalized spacial score (nSPS) is 11.5. The summed E-state index contributed by atoms with van der Waals surface area (Å²) in [6.45, 7) is 0. The summed E-state index contributed by atoms with van der Waals surface area (Å²) in [6, 6.07) is 7.48. The molecular weight excluding hydrogens is 499 g/mol. The number of hydrogen-bond donors (Lipinski definition) is 1. The van der Waals surface area contributed by atoms with E-state index in [-0.39, 0.29) is 17.0 Å². The Morgan fingerprint density at radius 1 is 1.03 bits per heavy atom. The predicted octanol–water partition coefficient (Wildman–Crippen LogP) is 5.62. The molecule has 4 rings (SSSR count).